The summed E-state index contributed by atoms with van der Waals surface area (Å²) in [6, 6.07) is 6.96. The third-order valence-corrected chi connectivity index (χ3v) is 2.93. The largest absolute Gasteiger partial charge is 0.353 e. The van der Waals surface area contributed by atoms with Crippen molar-refractivity contribution < 1.29 is 9.59 Å². The number of likely N-dealkylation sites (N-methyl/N-ethyl adjacent to an activating group) is 1. The molecule has 1 rings (SSSR count). The van der Waals surface area contributed by atoms with Crippen molar-refractivity contribution in [2.24, 2.45) is 0 Å². The van der Waals surface area contributed by atoms with E-state index in [1.807, 2.05) is 19.0 Å². The quantitative estimate of drug-likeness (QED) is 0.814. The normalized spacial score (nSPS) is 10.3. The highest BCUT2D eigenvalue weighted by Gasteiger charge is 2.07. The van der Waals surface area contributed by atoms with Crippen molar-refractivity contribution in [3.63, 3.8) is 0 Å². The van der Waals surface area contributed by atoms with Crippen molar-refractivity contribution in [2.75, 3.05) is 33.7 Å². The fourth-order valence-electron chi connectivity index (χ4n) is 1.35. The first-order chi connectivity index (χ1) is 8.99. The Morgan fingerprint density at radius 2 is 1.79 bits per heavy atom. The monoisotopic (exact) mass is 327 g/mol. The molecule has 0 atom stereocenters. The average Bonchev–Trinajstić information content (AvgIpc) is 2.36. The molecule has 0 saturated carbocycles. The van der Waals surface area contributed by atoms with Gasteiger partial charge in [-0.15, -0.1) is 0 Å². The maximum atomic E-state index is 11.7. The molecule has 0 aliphatic heterocycles. The lowest BCUT2D eigenvalue weighted by Gasteiger charge is -2.10. The van der Waals surface area contributed by atoms with Gasteiger partial charge in [0.05, 0.1) is 6.54 Å². The van der Waals surface area contributed by atoms with Gasteiger partial charge in [0, 0.05) is 23.1 Å². The molecule has 0 bridgehead atoms. The molecule has 0 fully saturated rings. The number of benzene rings is 1. The van der Waals surface area contributed by atoms with Gasteiger partial charge in [-0.1, -0.05) is 15.9 Å². The minimum absolute atomic E-state index is 0.0116. The molecule has 0 aliphatic carbocycles. The van der Waals surface area contributed by atoms with Crippen LogP contribution in [0.1, 0.15) is 10.4 Å². The van der Waals surface area contributed by atoms with Crippen LogP contribution in [0.25, 0.3) is 0 Å². The van der Waals surface area contributed by atoms with Crippen molar-refractivity contribution in [2.45, 2.75) is 0 Å². The maximum Gasteiger partial charge on any atom is 0.251 e. The topological polar surface area (TPSA) is 61.4 Å². The Balaban J connectivity index is 2.30. The predicted molar refractivity (Wildman–Crippen MR) is 78.0 cm³/mol. The summed E-state index contributed by atoms with van der Waals surface area (Å²) in [5.74, 6) is -0.442. The summed E-state index contributed by atoms with van der Waals surface area (Å²) in [7, 11) is 3.86. The average molecular weight is 328 g/mol. The third kappa shape index (κ3) is 6.35. The number of nitrogens with one attached hydrogen (secondary N) is 2. The number of carbonyl (C=O) groups is 2. The fourth-order valence-corrected chi connectivity index (χ4v) is 1.61. The zero-order chi connectivity index (χ0) is 14.3. The van der Waals surface area contributed by atoms with Crippen molar-refractivity contribution in [3.05, 3.63) is 34.3 Å². The SMILES string of the molecule is CN(C)CCNC(=O)CNC(=O)c1ccc(Br)cc1. The van der Waals surface area contributed by atoms with Crippen LogP contribution in [-0.4, -0.2) is 50.4 Å². The van der Waals surface area contributed by atoms with E-state index in [-0.39, 0.29) is 18.4 Å². The molecule has 1 aromatic rings. The summed E-state index contributed by atoms with van der Waals surface area (Å²) >= 11 is 3.30. The zero-order valence-electron chi connectivity index (χ0n) is 11.1. The molecule has 0 spiro atoms. The molecule has 1 aromatic carbocycles. The van der Waals surface area contributed by atoms with Crippen LogP contribution in [0.5, 0.6) is 0 Å². The Morgan fingerprint density at radius 1 is 1.16 bits per heavy atom. The molecular formula is C13H18BrN3O2. The van der Waals surface area contributed by atoms with Gasteiger partial charge in [-0.2, -0.15) is 0 Å². The second kappa shape index (κ2) is 7.91. The molecule has 0 aliphatic rings. The second-order valence-electron chi connectivity index (χ2n) is 4.34. The van der Waals surface area contributed by atoms with Crippen LogP contribution in [-0.2, 0) is 4.79 Å². The Morgan fingerprint density at radius 3 is 2.37 bits per heavy atom. The van der Waals surface area contributed by atoms with E-state index in [0.29, 0.717) is 12.1 Å². The Labute approximate surface area is 121 Å². The van der Waals surface area contributed by atoms with Gasteiger partial charge in [-0.3, -0.25) is 9.59 Å². The van der Waals surface area contributed by atoms with Gasteiger partial charge in [0.15, 0.2) is 0 Å². The molecule has 0 saturated heterocycles. The van der Waals surface area contributed by atoms with Crippen molar-refractivity contribution >= 4 is 27.7 Å². The summed E-state index contributed by atoms with van der Waals surface area (Å²) in [6.45, 7) is 1.33. The smallest absolute Gasteiger partial charge is 0.251 e. The third-order valence-electron chi connectivity index (χ3n) is 2.40. The van der Waals surface area contributed by atoms with E-state index in [4.69, 9.17) is 0 Å². The number of amides is 2. The molecule has 19 heavy (non-hydrogen) atoms. The first-order valence-electron chi connectivity index (χ1n) is 5.94. The van der Waals surface area contributed by atoms with E-state index in [1.54, 1.807) is 24.3 Å². The molecular weight excluding hydrogens is 310 g/mol. The van der Waals surface area contributed by atoms with Gasteiger partial charge < -0.3 is 15.5 Å². The van der Waals surface area contributed by atoms with Crippen LogP contribution >= 0.6 is 15.9 Å². The minimum atomic E-state index is -0.254. The van der Waals surface area contributed by atoms with Gasteiger partial charge in [0.1, 0.15) is 0 Å². The second-order valence-corrected chi connectivity index (χ2v) is 5.26. The molecule has 0 unspecified atom stereocenters. The van der Waals surface area contributed by atoms with E-state index in [2.05, 4.69) is 26.6 Å². The van der Waals surface area contributed by atoms with Crippen LogP contribution < -0.4 is 10.6 Å². The van der Waals surface area contributed by atoms with Crippen LogP contribution in [0, 0.1) is 0 Å². The van der Waals surface area contributed by atoms with Gasteiger partial charge in [0.2, 0.25) is 5.91 Å². The Bertz CT molecular complexity index is 432. The molecule has 6 heteroatoms. The Kier molecular flexibility index (Phi) is 6.52. The molecule has 0 radical (unpaired) electrons. The fraction of sp³-hybridized carbons (Fsp3) is 0.385. The van der Waals surface area contributed by atoms with Crippen molar-refractivity contribution in [1.82, 2.24) is 15.5 Å². The lowest BCUT2D eigenvalue weighted by atomic mass is 10.2. The first kappa shape index (κ1) is 15.7. The van der Waals surface area contributed by atoms with E-state index in [1.165, 1.54) is 0 Å². The maximum absolute atomic E-state index is 11.7. The molecule has 5 nitrogen and oxygen atoms in total. The summed E-state index contributed by atoms with van der Waals surface area (Å²) in [5, 5.41) is 5.30. The minimum Gasteiger partial charge on any atom is -0.353 e. The van der Waals surface area contributed by atoms with Crippen LogP contribution in [0.3, 0.4) is 0 Å². The molecule has 0 aromatic heterocycles. The summed E-state index contributed by atoms with van der Waals surface area (Å²) in [6.07, 6.45) is 0. The Hall–Kier alpha value is -1.40. The molecule has 2 N–H and O–H groups in total. The number of nitrogens with zero attached hydrogens (tertiary/aromatic N) is 1. The zero-order valence-corrected chi connectivity index (χ0v) is 12.7. The van der Waals surface area contributed by atoms with E-state index in [0.717, 1.165) is 11.0 Å². The number of halogens is 1. The van der Waals surface area contributed by atoms with Crippen molar-refractivity contribution in [1.29, 1.82) is 0 Å². The van der Waals surface area contributed by atoms with Crippen LogP contribution in [0.15, 0.2) is 28.7 Å². The van der Waals surface area contributed by atoms with Crippen LogP contribution in [0.4, 0.5) is 0 Å². The van der Waals surface area contributed by atoms with E-state index in [9.17, 15) is 9.59 Å². The summed E-state index contributed by atoms with van der Waals surface area (Å²) in [4.78, 5) is 25.2. The van der Waals surface area contributed by atoms with E-state index < -0.39 is 0 Å². The highest BCUT2D eigenvalue weighted by atomic mass is 79.9. The van der Waals surface area contributed by atoms with Gasteiger partial charge in [-0.25, -0.2) is 0 Å². The van der Waals surface area contributed by atoms with Gasteiger partial charge in [-0.05, 0) is 38.4 Å². The molecule has 104 valence electrons. The standard InChI is InChI=1S/C13H18BrN3O2/c1-17(2)8-7-15-12(18)9-16-13(19)10-3-5-11(14)6-4-10/h3-6H,7-9H2,1-2H3,(H,15,18)(H,16,19). The van der Waals surface area contributed by atoms with Gasteiger partial charge >= 0.3 is 0 Å². The lowest BCUT2D eigenvalue weighted by molar-refractivity contribution is -0.120. The predicted octanol–water partition coefficient (Wildman–Crippen LogP) is 0.857. The summed E-state index contributed by atoms with van der Waals surface area (Å²) in [5.41, 5.74) is 0.532. The van der Waals surface area contributed by atoms with Crippen molar-refractivity contribution in [3.8, 4) is 0 Å². The van der Waals surface area contributed by atoms with E-state index >= 15 is 0 Å². The van der Waals surface area contributed by atoms with Crippen LogP contribution in [0.2, 0.25) is 0 Å². The highest BCUT2D eigenvalue weighted by molar-refractivity contribution is 9.10. The molecule has 0 heterocycles. The number of hydrogen-bond acceptors (Lipinski definition) is 3. The number of hydrogen-bond donors (Lipinski definition) is 2. The lowest BCUT2D eigenvalue weighted by Crippen LogP contribution is -2.39. The highest BCUT2D eigenvalue weighted by Crippen LogP contribution is 2.10. The van der Waals surface area contributed by atoms with Gasteiger partial charge in [0.25, 0.3) is 5.91 Å². The molecule has 2 amide bonds. The first-order valence-corrected chi connectivity index (χ1v) is 6.73. The summed E-state index contributed by atoms with van der Waals surface area (Å²) < 4.78 is 0.908. The number of carbonyl (C=O) groups excluding carboxylic acids is 2. The number of rotatable bonds is 6.